The van der Waals surface area contributed by atoms with Crippen molar-refractivity contribution in [3.8, 4) is 0 Å². The topological polar surface area (TPSA) is 63.8 Å². The number of rotatable bonds is 10. The van der Waals surface area contributed by atoms with E-state index >= 15 is 0 Å². The Morgan fingerprint density at radius 2 is 1.74 bits per heavy atom. The summed E-state index contributed by atoms with van der Waals surface area (Å²) in [6, 6.07) is 0. The second kappa shape index (κ2) is 9.53. The summed E-state index contributed by atoms with van der Waals surface area (Å²) < 4.78 is 13.3. The lowest BCUT2D eigenvalue weighted by molar-refractivity contribution is 0.579. The van der Waals surface area contributed by atoms with Gasteiger partial charge in [-0.05, 0) is 6.42 Å². The molecule has 0 bridgehead atoms. The van der Waals surface area contributed by atoms with Crippen LogP contribution in [0.2, 0.25) is 0 Å². The van der Waals surface area contributed by atoms with Gasteiger partial charge in [0, 0.05) is 6.54 Å². The van der Waals surface area contributed by atoms with Crippen molar-refractivity contribution in [2.24, 2.45) is 0 Å². The fourth-order valence-electron chi connectivity index (χ4n) is 1.97. The van der Waals surface area contributed by atoms with Gasteiger partial charge in [-0.25, -0.2) is 9.37 Å². The van der Waals surface area contributed by atoms with Gasteiger partial charge in [-0.15, -0.1) is 0 Å². The molecule has 0 saturated carbocycles. The van der Waals surface area contributed by atoms with Crippen molar-refractivity contribution in [2.75, 3.05) is 17.6 Å². The van der Waals surface area contributed by atoms with E-state index in [1.165, 1.54) is 44.9 Å². The molecule has 0 radical (unpaired) electrons. The standard InChI is InChI=1S/C14H25FN4/c1-2-3-4-5-6-7-8-9-10-17-13-12(15)11-18-14(16)19-13/h11H,2-10H2,1H3,(H3,16,17,18,19). The molecule has 0 aromatic carbocycles. The molecule has 0 fully saturated rings. The highest BCUT2D eigenvalue weighted by atomic mass is 19.1. The molecule has 1 rings (SSSR count). The number of nitrogens with one attached hydrogen (secondary N) is 1. The molecule has 0 unspecified atom stereocenters. The van der Waals surface area contributed by atoms with Crippen LogP contribution in [0.4, 0.5) is 16.2 Å². The molecule has 0 aliphatic rings. The zero-order valence-electron chi connectivity index (χ0n) is 11.8. The second-order valence-electron chi connectivity index (χ2n) is 4.83. The van der Waals surface area contributed by atoms with Crippen LogP contribution < -0.4 is 11.1 Å². The van der Waals surface area contributed by atoms with E-state index in [1.54, 1.807) is 0 Å². The van der Waals surface area contributed by atoms with E-state index < -0.39 is 5.82 Å². The molecule has 3 N–H and O–H groups in total. The molecule has 0 amide bonds. The molecular weight excluding hydrogens is 243 g/mol. The quantitative estimate of drug-likeness (QED) is 0.634. The third-order valence-corrected chi connectivity index (χ3v) is 3.09. The predicted molar refractivity (Wildman–Crippen MR) is 77.5 cm³/mol. The maximum Gasteiger partial charge on any atom is 0.222 e. The summed E-state index contributed by atoms with van der Waals surface area (Å²) in [5.74, 6) is -0.149. The Balaban J connectivity index is 2.03. The highest BCUT2D eigenvalue weighted by Crippen LogP contribution is 2.11. The van der Waals surface area contributed by atoms with Gasteiger partial charge in [0.25, 0.3) is 0 Å². The lowest BCUT2D eigenvalue weighted by atomic mass is 10.1. The van der Waals surface area contributed by atoms with Crippen LogP contribution in [0.1, 0.15) is 58.3 Å². The first kappa shape index (κ1) is 15.7. The minimum Gasteiger partial charge on any atom is -0.368 e. The van der Waals surface area contributed by atoms with Gasteiger partial charge in [0.15, 0.2) is 11.6 Å². The Kier molecular flexibility index (Phi) is 7.86. The van der Waals surface area contributed by atoms with Gasteiger partial charge in [-0.2, -0.15) is 4.98 Å². The SMILES string of the molecule is CCCCCCCCCCNc1nc(N)ncc1F. The fraction of sp³-hybridized carbons (Fsp3) is 0.714. The van der Waals surface area contributed by atoms with Crippen molar-refractivity contribution < 1.29 is 4.39 Å². The van der Waals surface area contributed by atoms with E-state index in [0.717, 1.165) is 19.2 Å². The lowest BCUT2D eigenvalue weighted by Gasteiger charge is -2.06. The molecule has 5 heteroatoms. The minimum absolute atomic E-state index is 0.0971. The maximum absolute atomic E-state index is 13.3. The van der Waals surface area contributed by atoms with Crippen molar-refractivity contribution in [1.82, 2.24) is 9.97 Å². The zero-order chi connectivity index (χ0) is 13.9. The van der Waals surface area contributed by atoms with Crippen LogP contribution in [0.15, 0.2) is 6.20 Å². The Bertz CT molecular complexity index is 357. The summed E-state index contributed by atoms with van der Waals surface area (Å²) >= 11 is 0. The molecule has 0 atom stereocenters. The fourth-order valence-corrected chi connectivity index (χ4v) is 1.97. The molecule has 108 valence electrons. The minimum atomic E-state index is -0.450. The summed E-state index contributed by atoms with van der Waals surface area (Å²) in [6.45, 7) is 2.95. The third-order valence-electron chi connectivity index (χ3n) is 3.09. The van der Waals surface area contributed by atoms with E-state index in [-0.39, 0.29) is 11.8 Å². The second-order valence-corrected chi connectivity index (χ2v) is 4.83. The monoisotopic (exact) mass is 268 g/mol. The molecule has 1 aromatic heterocycles. The molecule has 0 aliphatic carbocycles. The van der Waals surface area contributed by atoms with E-state index in [0.29, 0.717) is 0 Å². The van der Waals surface area contributed by atoms with Crippen LogP contribution in [-0.2, 0) is 0 Å². The normalized spacial score (nSPS) is 10.6. The van der Waals surface area contributed by atoms with Gasteiger partial charge in [0.2, 0.25) is 5.95 Å². The Morgan fingerprint density at radius 3 is 2.42 bits per heavy atom. The summed E-state index contributed by atoms with van der Waals surface area (Å²) in [5, 5.41) is 2.96. The zero-order valence-corrected chi connectivity index (χ0v) is 11.8. The average Bonchev–Trinajstić information content (AvgIpc) is 2.40. The van der Waals surface area contributed by atoms with Crippen LogP contribution in [0.25, 0.3) is 0 Å². The van der Waals surface area contributed by atoms with Gasteiger partial charge in [-0.1, -0.05) is 51.9 Å². The highest BCUT2D eigenvalue weighted by molar-refractivity contribution is 5.38. The number of nitrogens with two attached hydrogens (primary N) is 1. The van der Waals surface area contributed by atoms with Crippen LogP contribution in [0, 0.1) is 5.82 Å². The largest absolute Gasteiger partial charge is 0.368 e. The summed E-state index contributed by atoms with van der Waals surface area (Å²) in [5.41, 5.74) is 5.41. The van der Waals surface area contributed by atoms with Crippen LogP contribution in [0.3, 0.4) is 0 Å². The summed E-state index contributed by atoms with van der Waals surface area (Å²) in [6.07, 6.45) is 11.2. The number of unbranched alkanes of at least 4 members (excludes halogenated alkanes) is 7. The van der Waals surface area contributed by atoms with Crippen molar-refractivity contribution >= 4 is 11.8 Å². The first-order chi connectivity index (χ1) is 9.24. The molecule has 1 aromatic rings. The van der Waals surface area contributed by atoms with Crippen LogP contribution in [0.5, 0.6) is 0 Å². The Morgan fingerprint density at radius 1 is 1.11 bits per heavy atom. The van der Waals surface area contributed by atoms with Crippen molar-refractivity contribution in [3.05, 3.63) is 12.0 Å². The van der Waals surface area contributed by atoms with Crippen molar-refractivity contribution in [1.29, 1.82) is 0 Å². The number of halogens is 1. The molecule has 0 aliphatic heterocycles. The van der Waals surface area contributed by atoms with Crippen molar-refractivity contribution in [3.63, 3.8) is 0 Å². The Hall–Kier alpha value is -1.39. The van der Waals surface area contributed by atoms with Gasteiger partial charge in [0.05, 0.1) is 6.20 Å². The molecule has 0 saturated heterocycles. The van der Waals surface area contributed by atoms with Crippen LogP contribution in [-0.4, -0.2) is 16.5 Å². The number of nitrogen functional groups attached to an aromatic ring is 1. The number of anilines is 2. The molecule has 19 heavy (non-hydrogen) atoms. The number of hydrogen-bond acceptors (Lipinski definition) is 4. The first-order valence-corrected chi connectivity index (χ1v) is 7.26. The maximum atomic E-state index is 13.3. The third kappa shape index (κ3) is 6.94. The molecule has 1 heterocycles. The summed E-state index contributed by atoms with van der Waals surface area (Å²) in [7, 11) is 0. The first-order valence-electron chi connectivity index (χ1n) is 7.26. The smallest absolute Gasteiger partial charge is 0.222 e. The number of hydrogen-bond donors (Lipinski definition) is 2. The van der Waals surface area contributed by atoms with Gasteiger partial charge in [0.1, 0.15) is 0 Å². The van der Waals surface area contributed by atoms with E-state index in [2.05, 4.69) is 22.2 Å². The van der Waals surface area contributed by atoms with Crippen molar-refractivity contribution in [2.45, 2.75) is 58.3 Å². The average molecular weight is 268 g/mol. The number of nitrogens with zero attached hydrogens (tertiary/aromatic N) is 2. The van der Waals surface area contributed by atoms with Gasteiger partial charge >= 0.3 is 0 Å². The predicted octanol–water partition coefficient (Wildman–Crippen LogP) is 3.75. The number of aromatic nitrogens is 2. The molecule has 0 spiro atoms. The van der Waals surface area contributed by atoms with E-state index in [1.807, 2.05) is 0 Å². The van der Waals surface area contributed by atoms with Crippen LogP contribution >= 0.6 is 0 Å². The lowest BCUT2D eigenvalue weighted by Crippen LogP contribution is -2.07. The molecule has 4 nitrogen and oxygen atoms in total. The molecular formula is C14H25FN4. The van der Waals surface area contributed by atoms with Gasteiger partial charge < -0.3 is 11.1 Å². The van der Waals surface area contributed by atoms with E-state index in [9.17, 15) is 4.39 Å². The highest BCUT2D eigenvalue weighted by Gasteiger charge is 2.03. The van der Waals surface area contributed by atoms with Gasteiger partial charge in [-0.3, -0.25) is 0 Å². The summed E-state index contributed by atoms with van der Waals surface area (Å²) in [4.78, 5) is 7.41. The van der Waals surface area contributed by atoms with E-state index in [4.69, 9.17) is 5.73 Å². The Labute approximate surface area is 115 Å².